The van der Waals surface area contributed by atoms with E-state index in [9.17, 15) is 56.2 Å². The molecule has 2 fully saturated rings. The molecule has 0 aromatic heterocycles. The lowest BCUT2D eigenvalue weighted by Gasteiger charge is -2.47. The molecular formula is C21H40O15. The molecule has 11 N–H and O–H groups in total. The highest BCUT2D eigenvalue weighted by atomic mass is 16.7. The van der Waals surface area contributed by atoms with E-state index in [-0.39, 0.29) is 0 Å². The number of hydrogen-bond acceptors (Lipinski definition) is 15. The van der Waals surface area contributed by atoms with Gasteiger partial charge in [-0.3, -0.25) is 0 Å². The normalized spacial score (nSPS) is 41.3. The molecule has 0 aliphatic carbocycles. The molecule has 2 heterocycles. The van der Waals surface area contributed by atoms with Crippen molar-refractivity contribution in [3.8, 4) is 0 Å². The average molecular weight is 533 g/mol. The van der Waals surface area contributed by atoms with Crippen LogP contribution in [0.4, 0.5) is 0 Å². The third-order valence-corrected chi connectivity index (χ3v) is 6.62. The minimum absolute atomic E-state index is 0.395. The van der Waals surface area contributed by atoms with E-state index in [0.717, 1.165) is 0 Å². The first-order valence-corrected chi connectivity index (χ1v) is 11.6. The Balaban J connectivity index is 1.94. The first-order valence-electron chi connectivity index (χ1n) is 11.6. The Bertz CT molecular complexity index is 663. The van der Waals surface area contributed by atoms with Gasteiger partial charge in [0.2, 0.25) is 0 Å². The lowest BCUT2D eigenvalue weighted by atomic mass is 9.87. The van der Waals surface area contributed by atoms with E-state index in [1.807, 2.05) is 0 Å². The molecule has 2 aliphatic rings. The zero-order valence-electron chi connectivity index (χ0n) is 20.3. The summed E-state index contributed by atoms with van der Waals surface area (Å²) in [6.07, 6.45) is -21.4. The molecule has 15 heteroatoms. The minimum atomic E-state index is -2.18. The second kappa shape index (κ2) is 13.0. The molecule has 15 nitrogen and oxygen atoms in total. The number of aliphatic hydroxyl groups is 11. The van der Waals surface area contributed by atoms with Crippen LogP contribution >= 0.6 is 0 Å². The van der Waals surface area contributed by atoms with Crippen molar-refractivity contribution in [3.05, 3.63) is 0 Å². The predicted octanol–water partition coefficient (Wildman–Crippen LogP) is -5.88. The average Bonchev–Trinajstić information content (AvgIpc) is 2.85. The van der Waals surface area contributed by atoms with Crippen molar-refractivity contribution in [1.82, 2.24) is 0 Å². The summed E-state index contributed by atoms with van der Waals surface area (Å²) >= 11 is 0. The second-order valence-electron chi connectivity index (χ2n) is 9.85. The van der Waals surface area contributed by atoms with Crippen LogP contribution in [0.5, 0.6) is 0 Å². The number of rotatable bonds is 11. The van der Waals surface area contributed by atoms with E-state index in [1.54, 1.807) is 0 Å². The lowest BCUT2D eigenvalue weighted by Crippen LogP contribution is -2.64. The molecule has 0 aromatic rings. The number of aliphatic hydroxyl groups excluding tert-OH is 11. The molecule has 0 bridgehead atoms. The van der Waals surface area contributed by atoms with Crippen molar-refractivity contribution in [2.45, 2.75) is 106 Å². The van der Waals surface area contributed by atoms with Gasteiger partial charge >= 0.3 is 0 Å². The molecule has 2 saturated heterocycles. The Morgan fingerprint density at radius 1 is 0.778 bits per heavy atom. The summed E-state index contributed by atoms with van der Waals surface area (Å²) in [5.41, 5.74) is -1.25. The molecule has 0 radical (unpaired) electrons. The molecule has 0 spiro atoms. The molecule has 2 rings (SSSR count). The van der Waals surface area contributed by atoms with E-state index in [4.69, 9.17) is 18.9 Å². The van der Waals surface area contributed by atoms with Crippen LogP contribution in [0, 0.1) is 5.92 Å². The summed E-state index contributed by atoms with van der Waals surface area (Å²) < 4.78 is 21.2. The van der Waals surface area contributed by atoms with Crippen molar-refractivity contribution >= 4 is 0 Å². The molecule has 36 heavy (non-hydrogen) atoms. The third-order valence-electron chi connectivity index (χ3n) is 6.62. The summed E-state index contributed by atoms with van der Waals surface area (Å²) in [7, 11) is 0. The van der Waals surface area contributed by atoms with Crippen LogP contribution in [0.3, 0.4) is 0 Å². The molecule has 13 unspecified atom stereocenters. The highest BCUT2D eigenvalue weighted by Crippen LogP contribution is 2.32. The maximum atomic E-state index is 10.4. The summed E-state index contributed by atoms with van der Waals surface area (Å²) in [5.74, 6) is -0.953. The fourth-order valence-electron chi connectivity index (χ4n) is 4.15. The van der Waals surface area contributed by atoms with Gasteiger partial charge in [-0.2, -0.15) is 0 Å². The van der Waals surface area contributed by atoms with Gasteiger partial charge in [0.25, 0.3) is 0 Å². The van der Waals surface area contributed by atoms with Crippen LogP contribution < -0.4 is 0 Å². The van der Waals surface area contributed by atoms with Crippen LogP contribution in [0.15, 0.2) is 0 Å². The fourth-order valence-corrected chi connectivity index (χ4v) is 4.15. The monoisotopic (exact) mass is 532 g/mol. The topological polar surface area (TPSA) is 259 Å². The minimum Gasteiger partial charge on any atom is -0.394 e. The smallest absolute Gasteiger partial charge is 0.186 e. The highest BCUT2D eigenvalue weighted by molar-refractivity contribution is 4.98. The maximum Gasteiger partial charge on any atom is 0.186 e. The molecule has 2 aliphatic heterocycles. The maximum absolute atomic E-state index is 10.4. The molecule has 0 aromatic carbocycles. The lowest BCUT2D eigenvalue weighted by molar-refractivity contribution is -0.314. The van der Waals surface area contributed by atoms with Gasteiger partial charge < -0.3 is 75.1 Å². The molecule has 0 amide bonds. The molecule has 214 valence electrons. The van der Waals surface area contributed by atoms with Crippen molar-refractivity contribution in [2.75, 3.05) is 19.8 Å². The van der Waals surface area contributed by atoms with E-state index >= 15 is 0 Å². The SMILES string of the molecule is CC(COC1OC(CO)C(O)C(O)C1O)C(O)C(O)C(O)C(O)OC1C(O)C(O)C(C)(C)O[C@H]1CO. The van der Waals surface area contributed by atoms with Crippen molar-refractivity contribution in [2.24, 2.45) is 5.92 Å². The Morgan fingerprint density at radius 3 is 1.92 bits per heavy atom. The van der Waals surface area contributed by atoms with Crippen LogP contribution in [-0.2, 0) is 18.9 Å². The summed E-state index contributed by atoms with van der Waals surface area (Å²) in [6.45, 7) is 2.61. The van der Waals surface area contributed by atoms with Crippen LogP contribution in [0.2, 0.25) is 0 Å². The van der Waals surface area contributed by atoms with Gasteiger partial charge in [0.15, 0.2) is 12.6 Å². The standard InChI is InChI=1S/C21H40O15/c1-7(6-33-20-15(29)13(27)11(25)8(4-22)34-20)10(24)12(26)14(28)19(32)35-17-9(5-23)36-21(2,3)18(31)16(17)30/h7-20,22-32H,4-6H2,1-3H3/t7?,8?,9-,10?,11?,12?,13?,14?,15?,16?,17?,18?,19?,20?/m0/s1. The predicted molar refractivity (Wildman–Crippen MR) is 116 cm³/mol. The first kappa shape index (κ1) is 31.6. The van der Waals surface area contributed by atoms with Crippen LogP contribution in [0.1, 0.15) is 20.8 Å². The molecule has 14 atom stereocenters. The second-order valence-corrected chi connectivity index (χ2v) is 9.85. The van der Waals surface area contributed by atoms with Crippen LogP contribution in [-0.4, -0.2) is 161 Å². The fraction of sp³-hybridized carbons (Fsp3) is 1.00. The number of ether oxygens (including phenoxy) is 4. The van der Waals surface area contributed by atoms with E-state index in [0.29, 0.717) is 0 Å². The van der Waals surface area contributed by atoms with Crippen molar-refractivity contribution in [1.29, 1.82) is 0 Å². The van der Waals surface area contributed by atoms with Gasteiger partial charge in [0.1, 0.15) is 61.0 Å². The Kier molecular flexibility index (Phi) is 11.4. The van der Waals surface area contributed by atoms with E-state index < -0.39 is 111 Å². The first-order chi connectivity index (χ1) is 16.7. The summed E-state index contributed by atoms with van der Waals surface area (Å²) in [5, 5.41) is 110. The number of hydrogen-bond donors (Lipinski definition) is 11. The molecule has 0 saturated carbocycles. The third kappa shape index (κ3) is 6.88. The van der Waals surface area contributed by atoms with Gasteiger partial charge in [0.05, 0.1) is 31.5 Å². The Morgan fingerprint density at radius 2 is 1.36 bits per heavy atom. The van der Waals surface area contributed by atoms with Gasteiger partial charge in [-0.1, -0.05) is 6.92 Å². The Hall–Kier alpha value is -0.600. The van der Waals surface area contributed by atoms with Gasteiger partial charge in [0, 0.05) is 5.92 Å². The highest BCUT2D eigenvalue weighted by Gasteiger charge is 2.51. The zero-order valence-corrected chi connectivity index (χ0v) is 20.3. The van der Waals surface area contributed by atoms with Crippen molar-refractivity contribution < 1.29 is 75.1 Å². The van der Waals surface area contributed by atoms with Crippen molar-refractivity contribution in [3.63, 3.8) is 0 Å². The van der Waals surface area contributed by atoms with Crippen LogP contribution in [0.25, 0.3) is 0 Å². The van der Waals surface area contributed by atoms with E-state index in [1.165, 1.54) is 20.8 Å². The summed E-state index contributed by atoms with van der Waals surface area (Å²) in [6, 6.07) is 0. The quantitative estimate of drug-likeness (QED) is 0.111. The Labute approximate surface area is 207 Å². The largest absolute Gasteiger partial charge is 0.394 e. The van der Waals surface area contributed by atoms with Gasteiger partial charge in [-0.25, -0.2) is 0 Å². The summed E-state index contributed by atoms with van der Waals surface area (Å²) in [4.78, 5) is 0. The van der Waals surface area contributed by atoms with Gasteiger partial charge in [-0.05, 0) is 13.8 Å². The van der Waals surface area contributed by atoms with E-state index in [2.05, 4.69) is 0 Å². The van der Waals surface area contributed by atoms with Gasteiger partial charge in [-0.15, -0.1) is 0 Å². The molecular weight excluding hydrogens is 492 g/mol. The zero-order chi connectivity index (χ0) is 27.5.